The fraction of sp³-hybridized carbons (Fsp3) is 0.462. The zero-order valence-corrected chi connectivity index (χ0v) is 11.7. The van der Waals surface area contributed by atoms with Crippen molar-refractivity contribution in [1.29, 1.82) is 0 Å². The van der Waals surface area contributed by atoms with E-state index in [0.717, 1.165) is 17.9 Å². The van der Waals surface area contributed by atoms with Crippen molar-refractivity contribution in [3.8, 4) is 11.5 Å². The van der Waals surface area contributed by atoms with Crippen LogP contribution in [0.3, 0.4) is 0 Å². The summed E-state index contributed by atoms with van der Waals surface area (Å²) in [7, 11) is -0.267. The van der Waals surface area contributed by atoms with Gasteiger partial charge < -0.3 is 9.47 Å². The molecule has 0 saturated heterocycles. The molecule has 0 saturated carbocycles. The van der Waals surface area contributed by atoms with Crippen molar-refractivity contribution in [2.45, 2.75) is 26.3 Å². The van der Waals surface area contributed by atoms with Crippen LogP contribution in [0.25, 0.3) is 0 Å². The Labute approximate surface area is 101 Å². The highest BCUT2D eigenvalue weighted by atomic mass is 28.2. The first kappa shape index (κ1) is 13.1. The van der Waals surface area contributed by atoms with E-state index in [1.807, 2.05) is 19.9 Å². The summed E-state index contributed by atoms with van der Waals surface area (Å²) in [6.07, 6.45) is 1.01. The monoisotopic (exact) mass is 237 g/mol. The number of ether oxygens (including phenoxy) is 2. The summed E-state index contributed by atoms with van der Waals surface area (Å²) in [5.74, 6) is 1.85. The molecular weight excluding hydrogens is 216 g/mol. The minimum Gasteiger partial charge on any atom is -0.490 e. The van der Waals surface area contributed by atoms with Crippen molar-refractivity contribution < 1.29 is 9.47 Å². The molecule has 1 aromatic rings. The fourth-order valence-electron chi connectivity index (χ4n) is 1.65. The van der Waals surface area contributed by atoms with Gasteiger partial charge in [0.15, 0.2) is 11.5 Å². The van der Waals surface area contributed by atoms with Gasteiger partial charge in [0, 0.05) is 0 Å². The lowest BCUT2D eigenvalue weighted by molar-refractivity contribution is 0.289. The third-order valence-corrected chi connectivity index (χ3v) is 4.29. The van der Waals surface area contributed by atoms with E-state index < -0.39 is 0 Å². The second-order valence-electron chi connectivity index (χ2n) is 3.57. The first-order valence-electron chi connectivity index (χ1n) is 6.00. The minimum absolute atomic E-state index is 0.267. The lowest BCUT2D eigenvalue weighted by Gasteiger charge is -2.14. The van der Waals surface area contributed by atoms with Crippen molar-refractivity contribution in [2.24, 2.45) is 0 Å². The summed E-state index contributed by atoms with van der Waals surface area (Å²) in [5.41, 5.74) is 0. The van der Waals surface area contributed by atoms with E-state index in [0.29, 0.717) is 13.2 Å². The van der Waals surface area contributed by atoms with Crippen LogP contribution < -0.4 is 14.7 Å². The number of rotatable bonds is 7. The number of hydrogen-bond acceptors (Lipinski definition) is 2. The summed E-state index contributed by atoms with van der Waals surface area (Å²) in [5, 5.41) is 1.36. The highest BCUT2D eigenvalue weighted by Gasteiger charge is 2.09. The van der Waals surface area contributed by atoms with Crippen LogP contribution in [0.5, 0.6) is 11.5 Å². The smallest absolute Gasteiger partial charge is 0.160 e. The molecule has 0 N–H and O–H groups in total. The van der Waals surface area contributed by atoms with Gasteiger partial charge in [-0.05, 0) is 25.1 Å². The molecule has 0 aromatic heterocycles. The summed E-state index contributed by atoms with van der Waals surface area (Å²) in [6.45, 7) is 9.27. The Hall–Kier alpha value is -0.963. The number of hydrogen-bond donors (Lipinski definition) is 0. The molecule has 1 rings (SSSR count). The van der Waals surface area contributed by atoms with E-state index in [1.54, 1.807) is 0 Å². The van der Waals surface area contributed by atoms with Gasteiger partial charge in [0.2, 0.25) is 0 Å². The Balaban J connectivity index is 2.90. The SMILES string of the molecule is [CH2]CC[SiH2]c1cccc(OCC)c1OCC. The molecular formula is C13H21O2Si. The van der Waals surface area contributed by atoms with Gasteiger partial charge in [-0.2, -0.15) is 0 Å². The lowest BCUT2D eigenvalue weighted by atomic mass is 10.3. The lowest BCUT2D eigenvalue weighted by Crippen LogP contribution is -2.18. The van der Waals surface area contributed by atoms with Gasteiger partial charge in [0.1, 0.15) is 0 Å². The average molecular weight is 237 g/mol. The predicted molar refractivity (Wildman–Crippen MR) is 71.7 cm³/mol. The van der Waals surface area contributed by atoms with Crippen molar-refractivity contribution >= 4 is 14.7 Å². The van der Waals surface area contributed by atoms with E-state index in [9.17, 15) is 0 Å². The molecule has 2 nitrogen and oxygen atoms in total. The molecule has 1 aromatic carbocycles. The third kappa shape index (κ3) is 3.56. The van der Waals surface area contributed by atoms with Crippen LogP contribution in [-0.2, 0) is 0 Å². The summed E-state index contributed by atoms with van der Waals surface area (Å²) in [6, 6.07) is 7.42. The molecule has 0 heterocycles. The summed E-state index contributed by atoms with van der Waals surface area (Å²) in [4.78, 5) is 0. The molecule has 0 spiro atoms. The molecule has 0 aliphatic heterocycles. The zero-order chi connectivity index (χ0) is 11.8. The second-order valence-corrected chi connectivity index (χ2v) is 5.54. The maximum atomic E-state index is 5.71. The number of para-hydroxylation sites is 1. The summed E-state index contributed by atoms with van der Waals surface area (Å²) >= 11 is 0. The van der Waals surface area contributed by atoms with Crippen LogP contribution >= 0.6 is 0 Å². The van der Waals surface area contributed by atoms with Gasteiger partial charge in [-0.15, -0.1) is 0 Å². The standard InChI is InChI=1S/C13H21O2Si/c1-4-10-16-12-9-7-8-11(14-5-2)13(12)15-6-3/h7-9H,1,4-6,10,16H2,2-3H3. The normalized spacial score (nSPS) is 10.9. The quantitative estimate of drug-likeness (QED) is 0.675. The van der Waals surface area contributed by atoms with Crippen LogP contribution in [0, 0.1) is 6.92 Å². The zero-order valence-electron chi connectivity index (χ0n) is 10.3. The molecule has 16 heavy (non-hydrogen) atoms. The molecule has 0 unspecified atom stereocenters. The van der Waals surface area contributed by atoms with Crippen molar-refractivity contribution in [1.82, 2.24) is 0 Å². The highest BCUT2D eigenvalue weighted by molar-refractivity contribution is 6.54. The van der Waals surface area contributed by atoms with Crippen LogP contribution in [0.15, 0.2) is 18.2 Å². The van der Waals surface area contributed by atoms with Crippen molar-refractivity contribution in [3.05, 3.63) is 25.1 Å². The maximum Gasteiger partial charge on any atom is 0.160 e. The van der Waals surface area contributed by atoms with E-state index in [4.69, 9.17) is 9.47 Å². The Morgan fingerprint density at radius 1 is 1.19 bits per heavy atom. The average Bonchev–Trinajstić information content (AvgIpc) is 2.30. The summed E-state index contributed by atoms with van der Waals surface area (Å²) < 4.78 is 11.3. The van der Waals surface area contributed by atoms with Gasteiger partial charge in [-0.3, -0.25) is 0 Å². The topological polar surface area (TPSA) is 18.5 Å². The molecule has 0 atom stereocenters. The van der Waals surface area contributed by atoms with Crippen LogP contribution in [-0.4, -0.2) is 22.7 Å². The van der Waals surface area contributed by atoms with Crippen LogP contribution in [0.1, 0.15) is 20.3 Å². The largest absolute Gasteiger partial charge is 0.490 e. The molecule has 89 valence electrons. The Morgan fingerprint density at radius 3 is 2.56 bits per heavy atom. The fourth-order valence-corrected chi connectivity index (χ4v) is 3.09. The number of benzene rings is 1. The van der Waals surface area contributed by atoms with Crippen LogP contribution in [0.2, 0.25) is 6.04 Å². The molecule has 1 radical (unpaired) electrons. The first-order chi connectivity index (χ1) is 7.83. The molecule has 0 aliphatic carbocycles. The molecule has 0 amide bonds. The van der Waals surface area contributed by atoms with Gasteiger partial charge in [0.25, 0.3) is 0 Å². The maximum absolute atomic E-state index is 5.71. The van der Waals surface area contributed by atoms with E-state index in [1.165, 1.54) is 11.2 Å². The van der Waals surface area contributed by atoms with Crippen molar-refractivity contribution in [2.75, 3.05) is 13.2 Å². The van der Waals surface area contributed by atoms with Crippen LogP contribution in [0.4, 0.5) is 0 Å². The van der Waals surface area contributed by atoms with Gasteiger partial charge in [-0.25, -0.2) is 0 Å². The van der Waals surface area contributed by atoms with Gasteiger partial charge in [0.05, 0.1) is 22.7 Å². The second kappa shape index (κ2) is 7.33. The van der Waals surface area contributed by atoms with Gasteiger partial charge >= 0.3 is 0 Å². The van der Waals surface area contributed by atoms with E-state index >= 15 is 0 Å². The molecule has 0 fully saturated rings. The Bertz CT molecular complexity index is 313. The Kier molecular flexibility index (Phi) is 6.01. The van der Waals surface area contributed by atoms with E-state index in [2.05, 4.69) is 19.1 Å². The van der Waals surface area contributed by atoms with Crippen molar-refractivity contribution in [3.63, 3.8) is 0 Å². The van der Waals surface area contributed by atoms with Gasteiger partial charge in [-0.1, -0.05) is 31.5 Å². The first-order valence-corrected chi connectivity index (χ1v) is 7.70. The third-order valence-electron chi connectivity index (χ3n) is 2.35. The predicted octanol–water partition coefficient (Wildman–Crippen LogP) is 1.92. The molecule has 3 heteroatoms. The molecule has 0 bridgehead atoms. The van der Waals surface area contributed by atoms with E-state index in [-0.39, 0.29) is 9.52 Å². The highest BCUT2D eigenvalue weighted by Crippen LogP contribution is 2.24. The minimum atomic E-state index is -0.267. The molecule has 0 aliphatic rings. The Morgan fingerprint density at radius 2 is 1.94 bits per heavy atom.